The van der Waals surface area contributed by atoms with E-state index in [0.717, 1.165) is 12.1 Å². The van der Waals surface area contributed by atoms with Gasteiger partial charge in [0, 0.05) is 25.8 Å². The highest BCUT2D eigenvalue weighted by molar-refractivity contribution is 5.83. The lowest BCUT2D eigenvalue weighted by molar-refractivity contribution is -0.123. The first-order chi connectivity index (χ1) is 7.16. The van der Waals surface area contributed by atoms with Gasteiger partial charge in [0.2, 0.25) is 0 Å². The Kier molecular flexibility index (Phi) is 2.86. The average molecular weight is 208 g/mol. The number of aryl methyl sites for hydroxylation is 1. The van der Waals surface area contributed by atoms with E-state index in [1.807, 2.05) is 26.2 Å². The zero-order valence-electron chi connectivity index (χ0n) is 9.14. The quantitative estimate of drug-likeness (QED) is 0.743. The molecule has 1 saturated heterocycles. The molecule has 4 heteroatoms. The predicted octanol–water partition coefficient (Wildman–Crippen LogP) is 0.957. The van der Waals surface area contributed by atoms with E-state index in [-0.39, 0.29) is 17.8 Å². The lowest BCUT2D eigenvalue weighted by Crippen LogP contribution is -2.23. The molecule has 2 rings (SSSR count). The summed E-state index contributed by atoms with van der Waals surface area (Å²) >= 11 is 0. The van der Waals surface area contributed by atoms with Crippen molar-refractivity contribution in [2.24, 2.45) is 13.0 Å². The van der Waals surface area contributed by atoms with Crippen LogP contribution in [0.25, 0.3) is 0 Å². The van der Waals surface area contributed by atoms with Gasteiger partial charge in [-0.25, -0.2) is 0 Å². The lowest BCUT2D eigenvalue weighted by Gasteiger charge is -2.11. The number of hydrogen-bond acceptors (Lipinski definition) is 3. The summed E-state index contributed by atoms with van der Waals surface area (Å²) in [4.78, 5) is 11.9. The first-order valence-electron chi connectivity index (χ1n) is 5.29. The van der Waals surface area contributed by atoms with E-state index in [0.29, 0.717) is 13.0 Å². The number of Topliss-reactive ketones (excluding diaryl/α,β-unsaturated/α-hetero) is 1. The van der Waals surface area contributed by atoms with Crippen LogP contribution in [-0.4, -0.2) is 28.3 Å². The molecule has 4 nitrogen and oxygen atoms in total. The van der Waals surface area contributed by atoms with Crippen molar-refractivity contribution in [2.75, 3.05) is 6.61 Å². The third-order valence-corrected chi connectivity index (χ3v) is 2.91. The van der Waals surface area contributed by atoms with Gasteiger partial charge in [-0.2, -0.15) is 5.10 Å². The van der Waals surface area contributed by atoms with Gasteiger partial charge in [0.15, 0.2) is 0 Å². The second kappa shape index (κ2) is 4.14. The molecule has 2 unspecified atom stereocenters. The molecule has 1 fully saturated rings. The van der Waals surface area contributed by atoms with E-state index < -0.39 is 0 Å². The van der Waals surface area contributed by atoms with Gasteiger partial charge in [-0.3, -0.25) is 9.48 Å². The molecule has 0 aromatic carbocycles. The van der Waals surface area contributed by atoms with Crippen LogP contribution in [0.3, 0.4) is 0 Å². The van der Waals surface area contributed by atoms with Crippen LogP contribution in [0.2, 0.25) is 0 Å². The summed E-state index contributed by atoms with van der Waals surface area (Å²) in [7, 11) is 1.86. The van der Waals surface area contributed by atoms with E-state index in [1.54, 1.807) is 4.68 Å². The molecule has 0 bridgehead atoms. The molecule has 1 aromatic heterocycles. The van der Waals surface area contributed by atoms with Gasteiger partial charge in [-0.15, -0.1) is 0 Å². The lowest BCUT2D eigenvalue weighted by atomic mass is 9.94. The Morgan fingerprint density at radius 3 is 3.07 bits per heavy atom. The van der Waals surface area contributed by atoms with Crippen molar-refractivity contribution in [2.45, 2.75) is 25.9 Å². The zero-order valence-corrected chi connectivity index (χ0v) is 9.14. The first kappa shape index (κ1) is 10.4. The fourth-order valence-corrected chi connectivity index (χ4v) is 2.02. The normalized spacial score (nSPS) is 25.7. The van der Waals surface area contributed by atoms with Crippen molar-refractivity contribution >= 4 is 5.78 Å². The van der Waals surface area contributed by atoms with E-state index in [2.05, 4.69) is 5.10 Å². The minimum Gasteiger partial charge on any atom is -0.378 e. The smallest absolute Gasteiger partial charge is 0.144 e. The van der Waals surface area contributed by atoms with Gasteiger partial charge in [-0.05, 0) is 19.4 Å². The molecule has 1 aliphatic heterocycles. The molecule has 0 aliphatic carbocycles. The van der Waals surface area contributed by atoms with Gasteiger partial charge in [0.1, 0.15) is 5.78 Å². The van der Waals surface area contributed by atoms with Crippen LogP contribution < -0.4 is 0 Å². The standard InChI is InChI=1S/C11H16N2O2/c1-8-10(4-6-15-8)11(14)7-9-3-5-13(2)12-9/h3,5,8,10H,4,6-7H2,1-2H3. The molecule has 0 amide bonds. The van der Waals surface area contributed by atoms with E-state index in [4.69, 9.17) is 4.74 Å². The fourth-order valence-electron chi connectivity index (χ4n) is 2.02. The number of carbonyl (C=O) groups is 1. The second-order valence-electron chi connectivity index (χ2n) is 4.09. The second-order valence-corrected chi connectivity index (χ2v) is 4.09. The van der Waals surface area contributed by atoms with Crippen LogP contribution >= 0.6 is 0 Å². The first-order valence-corrected chi connectivity index (χ1v) is 5.29. The predicted molar refractivity (Wildman–Crippen MR) is 55.4 cm³/mol. The number of carbonyl (C=O) groups excluding carboxylic acids is 1. The average Bonchev–Trinajstić information content (AvgIpc) is 2.75. The number of rotatable bonds is 3. The Bertz CT molecular complexity index is 359. The largest absolute Gasteiger partial charge is 0.378 e. The number of hydrogen-bond donors (Lipinski definition) is 0. The van der Waals surface area contributed by atoms with E-state index in [9.17, 15) is 4.79 Å². The van der Waals surface area contributed by atoms with E-state index >= 15 is 0 Å². The molecule has 1 aliphatic rings. The van der Waals surface area contributed by atoms with Gasteiger partial charge in [0.25, 0.3) is 0 Å². The maximum atomic E-state index is 11.9. The number of ketones is 1. The van der Waals surface area contributed by atoms with Crippen LogP contribution in [0.1, 0.15) is 19.0 Å². The minimum atomic E-state index is 0.0620. The zero-order chi connectivity index (χ0) is 10.8. The van der Waals surface area contributed by atoms with Crippen LogP contribution in [-0.2, 0) is 23.0 Å². The summed E-state index contributed by atoms with van der Waals surface area (Å²) in [5.41, 5.74) is 0.849. The highest BCUT2D eigenvalue weighted by Gasteiger charge is 2.30. The third-order valence-electron chi connectivity index (χ3n) is 2.91. The van der Waals surface area contributed by atoms with Crippen molar-refractivity contribution in [1.29, 1.82) is 0 Å². The van der Waals surface area contributed by atoms with Gasteiger partial charge in [-0.1, -0.05) is 0 Å². The Morgan fingerprint density at radius 1 is 1.73 bits per heavy atom. The summed E-state index contributed by atoms with van der Waals surface area (Å²) in [6.45, 7) is 2.67. The van der Waals surface area contributed by atoms with Crippen LogP contribution in [0.4, 0.5) is 0 Å². The highest BCUT2D eigenvalue weighted by Crippen LogP contribution is 2.22. The van der Waals surface area contributed by atoms with Crippen molar-refractivity contribution in [3.8, 4) is 0 Å². The topological polar surface area (TPSA) is 44.1 Å². The monoisotopic (exact) mass is 208 g/mol. The maximum Gasteiger partial charge on any atom is 0.144 e. The molecule has 0 N–H and O–H groups in total. The van der Waals surface area contributed by atoms with Crippen LogP contribution in [0, 0.1) is 5.92 Å². The number of aromatic nitrogens is 2. The molecule has 82 valence electrons. The third kappa shape index (κ3) is 2.26. The minimum absolute atomic E-state index is 0.0620. The summed E-state index contributed by atoms with van der Waals surface area (Å²) in [5.74, 6) is 0.311. The summed E-state index contributed by atoms with van der Waals surface area (Å²) in [5, 5.41) is 4.20. The van der Waals surface area contributed by atoms with Crippen molar-refractivity contribution in [1.82, 2.24) is 9.78 Å². The van der Waals surface area contributed by atoms with Crippen molar-refractivity contribution in [3.63, 3.8) is 0 Å². The van der Waals surface area contributed by atoms with Crippen LogP contribution in [0.15, 0.2) is 12.3 Å². The van der Waals surface area contributed by atoms with Gasteiger partial charge in [0.05, 0.1) is 18.2 Å². The highest BCUT2D eigenvalue weighted by atomic mass is 16.5. The molecule has 0 spiro atoms. The molecule has 1 aromatic rings. The van der Waals surface area contributed by atoms with Crippen LogP contribution in [0.5, 0.6) is 0 Å². The maximum absolute atomic E-state index is 11.9. The number of ether oxygens (including phenoxy) is 1. The number of nitrogens with zero attached hydrogens (tertiary/aromatic N) is 2. The van der Waals surface area contributed by atoms with Crippen molar-refractivity contribution in [3.05, 3.63) is 18.0 Å². The Hall–Kier alpha value is -1.16. The molecular formula is C11H16N2O2. The summed E-state index contributed by atoms with van der Waals surface area (Å²) < 4.78 is 7.10. The SMILES string of the molecule is CC1OCCC1C(=O)Cc1ccn(C)n1. The fraction of sp³-hybridized carbons (Fsp3) is 0.636. The molecule has 15 heavy (non-hydrogen) atoms. The molecule has 0 radical (unpaired) electrons. The Labute approximate surface area is 89.2 Å². The molecular weight excluding hydrogens is 192 g/mol. The van der Waals surface area contributed by atoms with E-state index in [1.165, 1.54) is 0 Å². The van der Waals surface area contributed by atoms with Crippen molar-refractivity contribution < 1.29 is 9.53 Å². The Balaban J connectivity index is 1.97. The van der Waals surface area contributed by atoms with Gasteiger partial charge >= 0.3 is 0 Å². The van der Waals surface area contributed by atoms with Gasteiger partial charge < -0.3 is 4.74 Å². The molecule has 2 heterocycles. The summed E-state index contributed by atoms with van der Waals surface area (Å²) in [6, 6.07) is 1.89. The Morgan fingerprint density at radius 2 is 2.53 bits per heavy atom. The summed E-state index contributed by atoms with van der Waals surface area (Å²) in [6.07, 6.45) is 3.21. The molecule has 0 saturated carbocycles. The molecule has 2 atom stereocenters.